The van der Waals surface area contributed by atoms with Crippen molar-refractivity contribution in [3.05, 3.63) is 31.8 Å². The Labute approximate surface area is 117 Å². The molecule has 1 aromatic rings. The molecule has 1 amide bonds. The van der Waals surface area contributed by atoms with Gasteiger partial charge in [-0.2, -0.15) is 0 Å². The fourth-order valence-corrected chi connectivity index (χ4v) is 2.14. The van der Waals surface area contributed by atoms with Crippen molar-refractivity contribution in [2.45, 2.75) is 6.42 Å². The van der Waals surface area contributed by atoms with Gasteiger partial charge in [-0.05, 0) is 46.4 Å². The SMILES string of the molecule is COCCNC(=O)Cc1cc(Br)ccc1I. The number of hydrogen-bond donors (Lipinski definition) is 1. The summed E-state index contributed by atoms with van der Waals surface area (Å²) in [6.45, 7) is 1.10. The number of ether oxygens (including phenoxy) is 1. The molecule has 5 heteroatoms. The van der Waals surface area contributed by atoms with Crippen molar-refractivity contribution in [2.24, 2.45) is 0 Å². The summed E-state index contributed by atoms with van der Waals surface area (Å²) in [5, 5.41) is 2.80. The van der Waals surface area contributed by atoms with E-state index >= 15 is 0 Å². The van der Waals surface area contributed by atoms with Gasteiger partial charge in [0, 0.05) is 21.7 Å². The molecule has 0 unspecified atom stereocenters. The summed E-state index contributed by atoms with van der Waals surface area (Å²) < 4.78 is 6.95. The van der Waals surface area contributed by atoms with E-state index in [9.17, 15) is 4.79 Å². The van der Waals surface area contributed by atoms with Gasteiger partial charge in [-0.25, -0.2) is 0 Å². The van der Waals surface area contributed by atoms with Crippen LogP contribution in [0.5, 0.6) is 0 Å². The van der Waals surface area contributed by atoms with Crippen LogP contribution in [0, 0.1) is 3.57 Å². The third kappa shape index (κ3) is 4.80. The van der Waals surface area contributed by atoms with Crippen LogP contribution in [0.4, 0.5) is 0 Å². The first kappa shape index (κ1) is 13.9. The van der Waals surface area contributed by atoms with E-state index < -0.39 is 0 Å². The highest BCUT2D eigenvalue weighted by Gasteiger charge is 2.06. The molecule has 0 saturated heterocycles. The van der Waals surface area contributed by atoms with Gasteiger partial charge >= 0.3 is 0 Å². The summed E-state index contributed by atoms with van der Waals surface area (Å²) in [5.41, 5.74) is 1.03. The first-order valence-corrected chi connectivity index (χ1v) is 6.70. The molecule has 0 radical (unpaired) electrons. The maximum absolute atomic E-state index is 11.6. The second kappa shape index (κ2) is 7.24. The zero-order valence-electron chi connectivity index (χ0n) is 8.93. The Bertz CT molecular complexity index is 371. The number of benzene rings is 1. The lowest BCUT2D eigenvalue weighted by molar-refractivity contribution is -0.120. The van der Waals surface area contributed by atoms with E-state index in [1.165, 1.54) is 0 Å². The number of carbonyl (C=O) groups is 1. The average molecular weight is 398 g/mol. The summed E-state index contributed by atoms with van der Waals surface area (Å²) in [6, 6.07) is 5.92. The van der Waals surface area contributed by atoms with Gasteiger partial charge in [0.05, 0.1) is 13.0 Å². The Kier molecular flexibility index (Phi) is 6.30. The zero-order chi connectivity index (χ0) is 12.0. The first-order chi connectivity index (χ1) is 7.63. The smallest absolute Gasteiger partial charge is 0.224 e. The molecular formula is C11H13BrINO2. The van der Waals surface area contributed by atoms with Gasteiger partial charge < -0.3 is 10.1 Å². The Morgan fingerprint density at radius 3 is 3.00 bits per heavy atom. The van der Waals surface area contributed by atoms with Crippen LogP contribution in [0.1, 0.15) is 5.56 Å². The second-order valence-electron chi connectivity index (χ2n) is 3.26. The minimum absolute atomic E-state index is 0.0214. The molecule has 3 nitrogen and oxygen atoms in total. The number of amides is 1. The van der Waals surface area contributed by atoms with Crippen LogP contribution in [0.2, 0.25) is 0 Å². The number of carbonyl (C=O) groups excluding carboxylic acids is 1. The molecule has 0 fully saturated rings. The van der Waals surface area contributed by atoms with Crippen molar-refractivity contribution in [3.63, 3.8) is 0 Å². The minimum Gasteiger partial charge on any atom is -0.383 e. The van der Waals surface area contributed by atoms with Crippen molar-refractivity contribution in [3.8, 4) is 0 Å². The molecule has 0 atom stereocenters. The Balaban J connectivity index is 2.52. The number of methoxy groups -OCH3 is 1. The van der Waals surface area contributed by atoms with Crippen molar-refractivity contribution in [1.82, 2.24) is 5.32 Å². The molecular weight excluding hydrogens is 385 g/mol. The van der Waals surface area contributed by atoms with E-state index in [-0.39, 0.29) is 5.91 Å². The van der Waals surface area contributed by atoms with Crippen LogP contribution < -0.4 is 5.32 Å². The van der Waals surface area contributed by atoms with Gasteiger partial charge in [0.1, 0.15) is 0 Å². The van der Waals surface area contributed by atoms with Gasteiger partial charge in [0.25, 0.3) is 0 Å². The second-order valence-corrected chi connectivity index (χ2v) is 5.33. The molecule has 0 heterocycles. The van der Waals surface area contributed by atoms with Crippen molar-refractivity contribution < 1.29 is 9.53 Å². The molecule has 0 spiro atoms. The molecule has 1 N–H and O–H groups in total. The van der Waals surface area contributed by atoms with E-state index in [2.05, 4.69) is 43.8 Å². The van der Waals surface area contributed by atoms with E-state index in [1.54, 1.807) is 7.11 Å². The fourth-order valence-electron chi connectivity index (χ4n) is 1.21. The highest BCUT2D eigenvalue weighted by Crippen LogP contribution is 2.18. The van der Waals surface area contributed by atoms with Gasteiger partial charge in [0.2, 0.25) is 5.91 Å². The van der Waals surface area contributed by atoms with Gasteiger partial charge in [-0.1, -0.05) is 15.9 Å². The molecule has 0 aliphatic rings. The van der Waals surface area contributed by atoms with Crippen LogP contribution in [0.25, 0.3) is 0 Å². The van der Waals surface area contributed by atoms with Crippen molar-refractivity contribution in [2.75, 3.05) is 20.3 Å². The quantitative estimate of drug-likeness (QED) is 0.611. The Morgan fingerprint density at radius 2 is 2.31 bits per heavy atom. The summed E-state index contributed by atoms with van der Waals surface area (Å²) in [4.78, 5) is 11.6. The normalized spacial score (nSPS) is 10.2. The predicted molar refractivity (Wildman–Crippen MR) is 75.4 cm³/mol. The molecule has 0 aromatic heterocycles. The van der Waals surface area contributed by atoms with E-state index in [0.717, 1.165) is 13.6 Å². The molecule has 0 aliphatic heterocycles. The number of halogens is 2. The van der Waals surface area contributed by atoms with Crippen molar-refractivity contribution in [1.29, 1.82) is 0 Å². The monoisotopic (exact) mass is 397 g/mol. The van der Waals surface area contributed by atoms with Gasteiger partial charge in [-0.3, -0.25) is 4.79 Å². The predicted octanol–water partition coefficient (Wildman–Crippen LogP) is 2.36. The van der Waals surface area contributed by atoms with Crippen LogP contribution in [0.15, 0.2) is 22.7 Å². The minimum atomic E-state index is 0.0214. The molecule has 16 heavy (non-hydrogen) atoms. The number of rotatable bonds is 5. The maximum atomic E-state index is 11.6. The van der Waals surface area contributed by atoms with Crippen LogP contribution in [0.3, 0.4) is 0 Å². The summed E-state index contributed by atoms with van der Waals surface area (Å²) in [7, 11) is 1.61. The Morgan fingerprint density at radius 1 is 1.56 bits per heavy atom. The summed E-state index contributed by atoms with van der Waals surface area (Å²) >= 11 is 5.62. The molecule has 0 bridgehead atoms. The molecule has 0 aliphatic carbocycles. The number of nitrogens with one attached hydrogen (secondary N) is 1. The Hall–Kier alpha value is -0.140. The third-order valence-corrected chi connectivity index (χ3v) is 3.53. The highest BCUT2D eigenvalue weighted by molar-refractivity contribution is 14.1. The third-order valence-electron chi connectivity index (χ3n) is 1.99. The fraction of sp³-hybridized carbons (Fsp3) is 0.364. The van der Waals surface area contributed by atoms with Crippen molar-refractivity contribution >= 4 is 44.4 Å². The lowest BCUT2D eigenvalue weighted by Crippen LogP contribution is -2.28. The van der Waals surface area contributed by atoms with Crippen LogP contribution in [-0.2, 0) is 16.0 Å². The van der Waals surface area contributed by atoms with Crippen LogP contribution >= 0.6 is 38.5 Å². The molecule has 0 saturated carbocycles. The average Bonchev–Trinajstić information content (AvgIpc) is 2.24. The first-order valence-electron chi connectivity index (χ1n) is 4.83. The van der Waals surface area contributed by atoms with E-state index in [4.69, 9.17) is 4.74 Å². The largest absolute Gasteiger partial charge is 0.383 e. The summed E-state index contributed by atoms with van der Waals surface area (Å²) in [6.07, 6.45) is 0.404. The van der Waals surface area contributed by atoms with Crippen LogP contribution in [-0.4, -0.2) is 26.2 Å². The lowest BCUT2D eigenvalue weighted by Gasteiger charge is -2.06. The molecule has 1 aromatic carbocycles. The topological polar surface area (TPSA) is 38.3 Å². The molecule has 88 valence electrons. The summed E-state index contributed by atoms with van der Waals surface area (Å²) in [5.74, 6) is 0.0214. The maximum Gasteiger partial charge on any atom is 0.224 e. The highest BCUT2D eigenvalue weighted by atomic mass is 127. The lowest BCUT2D eigenvalue weighted by atomic mass is 10.1. The zero-order valence-corrected chi connectivity index (χ0v) is 12.7. The number of hydrogen-bond acceptors (Lipinski definition) is 2. The standard InChI is InChI=1S/C11H13BrINO2/c1-16-5-4-14-11(15)7-8-6-9(12)2-3-10(8)13/h2-3,6H,4-5,7H2,1H3,(H,14,15). The van der Waals surface area contributed by atoms with Gasteiger partial charge in [-0.15, -0.1) is 0 Å². The van der Waals surface area contributed by atoms with Gasteiger partial charge in [0.15, 0.2) is 0 Å². The molecule has 1 rings (SSSR count). The van der Waals surface area contributed by atoms with E-state index in [0.29, 0.717) is 19.6 Å². The van der Waals surface area contributed by atoms with E-state index in [1.807, 2.05) is 18.2 Å².